The summed E-state index contributed by atoms with van der Waals surface area (Å²) in [6.45, 7) is 3.42. The molecule has 6 nitrogen and oxygen atoms in total. The zero-order valence-corrected chi connectivity index (χ0v) is 14.1. The maximum absolute atomic E-state index is 12.6. The maximum atomic E-state index is 12.6. The molecular weight excluding hydrogens is 358 g/mol. The second-order valence-corrected chi connectivity index (χ2v) is 7.71. The molecule has 21 heavy (non-hydrogen) atoms. The van der Waals surface area contributed by atoms with Gasteiger partial charge in [0.05, 0.1) is 10.9 Å². The van der Waals surface area contributed by atoms with E-state index in [4.69, 9.17) is 5.73 Å². The highest BCUT2D eigenvalue weighted by atomic mass is 79.9. The number of carbonyl (C=O) groups is 1. The van der Waals surface area contributed by atoms with Crippen LogP contribution in [0.2, 0.25) is 0 Å². The Balaban J connectivity index is 2.12. The first kappa shape index (κ1) is 16.4. The minimum atomic E-state index is -3.52. The van der Waals surface area contributed by atoms with E-state index < -0.39 is 15.9 Å². The third-order valence-electron chi connectivity index (χ3n) is 3.69. The van der Waals surface area contributed by atoms with Gasteiger partial charge in [0.25, 0.3) is 0 Å². The van der Waals surface area contributed by atoms with Gasteiger partial charge in [0.1, 0.15) is 0 Å². The van der Waals surface area contributed by atoms with Gasteiger partial charge in [-0.05, 0) is 35.0 Å². The van der Waals surface area contributed by atoms with Crippen molar-refractivity contribution in [3.8, 4) is 0 Å². The van der Waals surface area contributed by atoms with E-state index in [0.29, 0.717) is 30.7 Å². The first-order valence-electron chi connectivity index (χ1n) is 6.62. The highest BCUT2D eigenvalue weighted by Crippen LogP contribution is 2.25. The zero-order valence-electron chi connectivity index (χ0n) is 11.7. The topological polar surface area (TPSA) is 83.7 Å². The Morgan fingerprint density at radius 1 is 1.24 bits per heavy atom. The van der Waals surface area contributed by atoms with E-state index in [9.17, 15) is 13.2 Å². The van der Waals surface area contributed by atoms with Gasteiger partial charge in [-0.2, -0.15) is 4.31 Å². The smallest absolute Gasteiger partial charge is 0.244 e. The second kappa shape index (κ2) is 6.43. The number of carbonyl (C=O) groups excluding carboxylic acids is 1. The fraction of sp³-hybridized carbons (Fsp3) is 0.462. The second-order valence-electron chi connectivity index (χ2n) is 4.95. The summed E-state index contributed by atoms with van der Waals surface area (Å²) < 4.78 is 27.2. The van der Waals surface area contributed by atoms with Gasteiger partial charge in [-0.1, -0.05) is 12.1 Å². The first-order chi connectivity index (χ1) is 9.84. The summed E-state index contributed by atoms with van der Waals surface area (Å²) in [6, 6.07) is 6.38. The molecule has 8 heteroatoms. The van der Waals surface area contributed by atoms with Crippen molar-refractivity contribution in [2.45, 2.75) is 17.9 Å². The molecule has 2 rings (SSSR count). The number of amides is 1. The van der Waals surface area contributed by atoms with E-state index in [-0.39, 0.29) is 10.9 Å². The summed E-state index contributed by atoms with van der Waals surface area (Å²) in [5, 5.41) is 0. The van der Waals surface area contributed by atoms with Crippen LogP contribution in [0, 0.1) is 0 Å². The molecule has 0 aliphatic carbocycles. The predicted octanol–water partition coefficient (Wildman–Crippen LogP) is 0.629. The van der Waals surface area contributed by atoms with E-state index in [1.54, 1.807) is 31.2 Å². The monoisotopic (exact) mass is 375 g/mol. The molecule has 0 saturated carbocycles. The fourth-order valence-corrected chi connectivity index (χ4v) is 4.69. The molecule has 1 aromatic rings. The summed E-state index contributed by atoms with van der Waals surface area (Å²) in [6.07, 6.45) is 0. The van der Waals surface area contributed by atoms with Crippen LogP contribution in [-0.2, 0) is 14.8 Å². The van der Waals surface area contributed by atoms with E-state index in [1.165, 1.54) is 4.31 Å². The quantitative estimate of drug-likeness (QED) is 0.836. The molecule has 0 spiro atoms. The Kier molecular flexibility index (Phi) is 5.03. The fourth-order valence-electron chi connectivity index (χ4n) is 2.30. The number of benzene rings is 1. The van der Waals surface area contributed by atoms with Crippen LogP contribution in [-0.4, -0.2) is 55.8 Å². The van der Waals surface area contributed by atoms with Crippen LogP contribution in [0.3, 0.4) is 0 Å². The van der Waals surface area contributed by atoms with Crippen LogP contribution in [0.25, 0.3) is 0 Å². The normalized spacial score (nSPS) is 19.3. The predicted molar refractivity (Wildman–Crippen MR) is 83.1 cm³/mol. The minimum Gasteiger partial charge on any atom is -0.368 e. The SMILES string of the molecule is C[C@@H](C(N)=O)N1CCN(S(=O)(=O)c2ccccc2Br)CC1. The summed E-state index contributed by atoms with van der Waals surface area (Å²) in [5.41, 5.74) is 5.28. The molecule has 0 bridgehead atoms. The van der Waals surface area contributed by atoms with E-state index in [0.717, 1.165) is 0 Å². The summed E-state index contributed by atoms with van der Waals surface area (Å²) in [7, 11) is -3.52. The summed E-state index contributed by atoms with van der Waals surface area (Å²) >= 11 is 3.28. The average Bonchev–Trinajstić information content (AvgIpc) is 2.46. The van der Waals surface area contributed by atoms with E-state index in [2.05, 4.69) is 15.9 Å². The third-order valence-corrected chi connectivity index (χ3v) is 6.60. The Labute approximate surface area is 133 Å². The molecular formula is C13H18BrN3O3S. The maximum Gasteiger partial charge on any atom is 0.244 e. The van der Waals surface area contributed by atoms with Crippen LogP contribution in [0.5, 0.6) is 0 Å². The molecule has 116 valence electrons. The highest BCUT2D eigenvalue weighted by Gasteiger charge is 2.31. The van der Waals surface area contributed by atoms with Crippen LogP contribution >= 0.6 is 15.9 Å². The summed E-state index contributed by atoms with van der Waals surface area (Å²) in [4.78, 5) is 13.3. The largest absolute Gasteiger partial charge is 0.368 e. The van der Waals surface area contributed by atoms with E-state index in [1.807, 2.05) is 4.90 Å². The van der Waals surface area contributed by atoms with Crippen molar-refractivity contribution in [2.24, 2.45) is 5.73 Å². The van der Waals surface area contributed by atoms with Crippen molar-refractivity contribution in [3.05, 3.63) is 28.7 Å². The first-order valence-corrected chi connectivity index (χ1v) is 8.85. The number of nitrogens with zero attached hydrogens (tertiary/aromatic N) is 2. The van der Waals surface area contributed by atoms with Crippen molar-refractivity contribution in [1.82, 2.24) is 9.21 Å². The van der Waals surface area contributed by atoms with Gasteiger partial charge < -0.3 is 5.73 Å². The minimum absolute atomic E-state index is 0.265. The Hall–Kier alpha value is -0.960. The van der Waals surface area contributed by atoms with Gasteiger partial charge in [-0.25, -0.2) is 8.42 Å². The van der Waals surface area contributed by atoms with Gasteiger partial charge in [0, 0.05) is 30.7 Å². The lowest BCUT2D eigenvalue weighted by atomic mass is 10.2. The van der Waals surface area contributed by atoms with Crippen LogP contribution < -0.4 is 5.73 Å². The number of rotatable bonds is 4. The van der Waals surface area contributed by atoms with Crippen molar-refractivity contribution in [3.63, 3.8) is 0 Å². The number of sulfonamides is 1. The number of hydrogen-bond acceptors (Lipinski definition) is 4. The molecule has 2 N–H and O–H groups in total. The van der Waals surface area contributed by atoms with Gasteiger partial charge in [-0.3, -0.25) is 9.69 Å². The highest BCUT2D eigenvalue weighted by molar-refractivity contribution is 9.10. The van der Waals surface area contributed by atoms with Crippen molar-refractivity contribution >= 4 is 31.9 Å². The number of piperazine rings is 1. The van der Waals surface area contributed by atoms with Crippen molar-refractivity contribution in [1.29, 1.82) is 0 Å². The van der Waals surface area contributed by atoms with Crippen molar-refractivity contribution < 1.29 is 13.2 Å². The molecule has 1 aromatic carbocycles. The average molecular weight is 376 g/mol. The molecule has 1 aliphatic heterocycles. The van der Waals surface area contributed by atoms with E-state index >= 15 is 0 Å². The Morgan fingerprint density at radius 3 is 2.33 bits per heavy atom. The molecule has 1 heterocycles. The summed E-state index contributed by atoms with van der Waals surface area (Å²) in [5.74, 6) is -0.392. The van der Waals surface area contributed by atoms with Crippen LogP contribution in [0.1, 0.15) is 6.92 Å². The van der Waals surface area contributed by atoms with Gasteiger partial charge in [0.2, 0.25) is 15.9 Å². The number of hydrogen-bond donors (Lipinski definition) is 1. The third kappa shape index (κ3) is 3.45. The zero-order chi connectivity index (χ0) is 15.6. The number of nitrogens with two attached hydrogens (primary N) is 1. The molecule has 1 amide bonds. The molecule has 0 unspecified atom stereocenters. The molecule has 1 fully saturated rings. The van der Waals surface area contributed by atoms with Gasteiger partial charge in [0.15, 0.2) is 0 Å². The van der Waals surface area contributed by atoms with Gasteiger partial charge >= 0.3 is 0 Å². The standard InChI is InChI=1S/C13H18BrN3O3S/c1-10(13(15)18)16-6-8-17(9-7-16)21(19,20)12-5-3-2-4-11(12)14/h2-5,10H,6-9H2,1H3,(H2,15,18)/t10-/m0/s1. The van der Waals surface area contributed by atoms with Crippen LogP contribution in [0.15, 0.2) is 33.6 Å². The Morgan fingerprint density at radius 2 is 1.81 bits per heavy atom. The lowest BCUT2D eigenvalue weighted by Crippen LogP contribution is -2.54. The molecule has 0 aromatic heterocycles. The lowest BCUT2D eigenvalue weighted by molar-refractivity contribution is -0.123. The molecule has 1 saturated heterocycles. The van der Waals surface area contributed by atoms with Crippen molar-refractivity contribution in [2.75, 3.05) is 26.2 Å². The van der Waals surface area contributed by atoms with Crippen LogP contribution in [0.4, 0.5) is 0 Å². The molecule has 1 atom stereocenters. The van der Waals surface area contributed by atoms with Gasteiger partial charge in [-0.15, -0.1) is 0 Å². The lowest BCUT2D eigenvalue weighted by Gasteiger charge is -2.36. The Bertz CT molecular complexity index is 627. The number of halogens is 1. The number of primary amides is 1. The molecule has 0 radical (unpaired) electrons. The molecule has 1 aliphatic rings.